The van der Waals surface area contributed by atoms with Crippen molar-refractivity contribution in [2.45, 2.75) is 6.54 Å². The summed E-state index contributed by atoms with van der Waals surface area (Å²) in [4.78, 5) is 19.1. The van der Waals surface area contributed by atoms with Crippen LogP contribution in [0.2, 0.25) is 0 Å². The predicted octanol–water partition coefficient (Wildman–Crippen LogP) is 3.72. The molecule has 0 N–H and O–H groups in total. The molecule has 0 aliphatic carbocycles. The van der Waals surface area contributed by atoms with Crippen LogP contribution in [0.5, 0.6) is 0 Å². The van der Waals surface area contributed by atoms with Crippen molar-refractivity contribution >= 4 is 33.8 Å². The molecule has 4 nitrogen and oxygen atoms in total. The Balaban J connectivity index is 1.88. The van der Waals surface area contributed by atoms with Crippen LogP contribution in [-0.4, -0.2) is 25.1 Å². The predicted molar refractivity (Wildman–Crippen MR) is 89.5 cm³/mol. The Morgan fingerprint density at radius 2 is 2.00 bits per heavy atom. The van der Waals surface area contributed by atoms with E-state index in [0.29, 0.717) is 5.56 Å². The minimum Gasteiger partial charge on any atom is -0.465 e. The largest absolute Gasteiger partial charge is 0.465 e. The highest BCUT2D eigenvalue weighted by molar-refractivity contribution is 7.09. The Morgan fingerprint density at radius 1 is 1.23 bits per heavy atom. The Bertz CT molecular complexity index is 800. The van der Waals surface area contributed by atoms with Crippen LogP contribution in [0.15, 0.2) is 48.1 Å². The lowest BCUT2D eigenvalue weighted by Crippen LogP contribution is -2.15. The number of hydrogen-bond acceptors (Lipinski definition) is 5. The number of carbonyl (C=O) groups excluding carboxylic acids is 1. The highest BCUT2D eigenvalue weighted by Crippen LogP contribution is 2.24. The summed E-state index contributed by atoms with van der Waals surface area (Å²) in [6, 6.07) is 11.8. The fraction of sp³-hybridized carbons (Fsp3) is 0.176. The van der Waals surface area contributed by atoms with Gasteiger partial charge in [0.05, 0.1) is 24.7 Å². The molecule has 0 aliphatic heterocycles. The number of esters is 1. The average Bonchev–Trinajstić information content (AvgIpc) is 3.06. The van der Waals surface area contributed by atoms with E-state index >= 15 is 0 Å². The summed E-state index contributed by atoms with van der Waals surface area (Å²) in [6.45, 7) is 0.830. The minimum absolute atomic E-state index is 0.312. The zero-order chi connectivity index (χ0) is 15.5. The fourth-order valence-electron chi connectivity index (χ4n) is 2.36. The van der Waals surface area contributed by atoms with Crippen LogP contribution < -0.4 is 4.90 Å². The maximum atomic E-state index is 11.6. The number of methoxy groups -OCH3 is 1. The third-order valence-corrected chi connectivity index (χ3v) is 4.33. The minimum atomic E-state index is -0.312. The van der Waals surface area contributed by atoms with Gasteiger partial charge in [-0.05, 0) is 35.0 Å². The van der Waals surface area contributed by atoms with E-state index in [1.807, 2.05) is 29.9 Å². The molecule has 0 amide bonds. The molecular formula is C17H16N2O2S. The van der Waals surface area contributed by atoms with Crippen LogP contribution in [0.1, 0.15) is 15.2 Å². The number of ether oxygens (including phenoxy) is 1. The molecule has 112 valence electrons. The van der Waals surface area contributed by atoms with Gasteiger partial charge >= 0.3 is 5.97 Å². The van der Waals surface area contributed by atoms with E-state index in [4.69, 9.17) is 4.74 Å². The Morgan fingerprint density at radius 3 is 2.73 bits per heavy atom. The number of thiazole rings is 1. The van der Waals surface area contributed by atoms with Crippen molar-refractivity contribution in [2.75, 3.05) is 19.1 Å². The summed E-state index contributed by atoms with van der Waals surface area (Å²) in [5.41, 5.74) is 3.55. The molecule has 0 fully saturated rings. The van der Waals surface area contributed by atoms with E-state index in [1.165, 1.54) is 12.0 Å². The first-order valence-electron chi connectivity index (χ1n) is 6.88. The molecule has 2 aromatic carbocycles. The summed E-state index contributed by atoms with van der Waals surface area (Å²) in [6.07, 6.45) is 1.89. The van der Waals surface area contributed by atoms with Crippen LogP contribution >= 0.6 is 11.3 Å². The van der Waals surface area contributed by atoms with Crippen LogP contribution in [0, 0.1) is 0 Å². The van der Waals surface area contributed by atoms with Crippen molar-refractivity contribution in [2.24, 2.45) is 0 Å². The fourth-order valence-corrected chi connectivity index (χ4v) is 3.01. The molecule has 3 aromatic rings. The second kappa shape index (κ2) is 6.15. The van der Waals surface area contributed by atoms with Gasteiger partial charge in [-0.3, -0.25) is 4.98 Å². The molecule has 0 radical (unpaired) electrons. The molecule has 0 bridgehead atoms. The molecular weight excluding hydrogens is 296 g/mol. The molecule has 0 atom stereocenters. The number of hydrogen-bond donors (Lipinski definition) is 0. The SMILES string of the molecule is COC(=O)c1ccc2cc(N(C)Cc3cncs3)ccc2c1. The van der Waals surface area contributed by atoms with Gasteiger partial charge in [-0.1, -0.05) is 12.1 Å². The quantitative estimate of drug-likeness (QED) is 0.689. The zero-order valence-corrected chi connectivity index (χ0v) is 13.3. The summed E-state index contributed by atoms with van der Waals surface area (Å²) in [5, 5.41) is 2.12. The van der Waals surface area contributed by atoms with Crippen LogP contribution in [-0.2, 0) is 11.3 Å². The van der Waals surface area contributed by atoms with Gasteiger partial charge in [0.15, 0.2) is 0 Å². The first kappa shape index (κ1) is 14.5. The number of benzene rings is 2. The lowest BCUT2D eigenvalue weighted by molar-refractivity contribution is 0.0601. The number of anilines is 1. The standard InChI is InChI=1S/C17H16N2O2S/c1-19(10-16-9-18-11-22-16)15-6-5-12-7-14(17(20)21-2)4-3-13(12)8-15/h3-9,11H,10H2,1-2H3. The van der Waals surface area contributed by atoms with Gasteiger partial charge in [0, 0.05) is 23.8 Å². The normalized spacial score (nSPS) is 10.6. The van der Waals surface area contributed by atoms with Gasteiger partial charge in [-0.2, -0.15) is 0 Å². The summed E-state index contributed by atoms with van der Waals surface area (Å²) in [7, 11) is 3.45. The third-order valence-electron chi connectivity index (χ3n) is 3.56. The Hall–Kier alpha value is -2.40. The number of nitrogens with zero attached hydrogens (tertiary/aromatic N) is 2. The molecule has 0 spiro atoms. The lowest BCUT2D eigenvalue weighted by atomic mass is 10.1. The number of aromatic nitrogens is 1. The molecule has 22 heavy (non-hydrogen) atoms. The van der Waals surface area contributed by atoms with Gasteiger partial charge < -0.3 is 9.64 Å². The lowest BCUT2D eigenvalue weighted by Gasteiger charge is -2.18. The van der Waals surface area contributed by atoms with Gasteiger partial charge in [0.25, 0.3) is 0 Å². The van der Waals surface area contributed by atoms with Gasteiger partial charge in [0.2, 0.25) is 0 Å². The van der Waals surface area contributed by atoms with E-state index < -0.39 is 0 Å². The van der Waals surface area contributed by atoms with Crippen LogP contribution in [0.3, 0.4) is 0 Å². The third kappa shape index (κ3) is 2.94. The number of rotatable bonds is 4. The van der Waals surface area contributed by atoms with Crippen LogP contribution in [0.25, 0.3) is 10.8 Å². The molecule has 1 aromatic heterocycles. The highest BCUT2D eigenvalue weighted by Gasteiger charge is 2.08. The topological polar surface area (TPSA) is 42.4 Å². The molecule has 0 unspecified atom stereocenters. The average molecular weight is 312 g/mol. The molecule has 1 heterocycles. The first-order valence-corrected chi connectivity index (χ1v) is 7.76. The zero-order valence-electron chi connectivity index (χ0n) is 12.4. The van der Waals surface area contributed by atoms with Crippen molar-refractivity contribution in [1.29, 1.82) is 0 Å². The van der Waals surface area contributed by atoms with Crippen molar-refractivity contribution in [1.82, 2.24) is 4.98 Å². The van der Waals surface area contributed by atoms with Crippen molar-refractivity contribution in [3.05, 3.63) is 58.5 Å². The summed E-state index contributed by atoms with van der Waals surface area (Å²) in [5.74, 6) is -0.312. The van der Waals surface area contributed by atoms with E-state index in [1.54, 1.807) is 17.4 Å². The smallest absolute Gasteiger partial charge is 0.337 e. The van der Waals surface area contributed by atoms with Crippen LogP contribution in [0.4, 0.5) is 5.69 Å². The van der Waals surface area contributed by atoms with Crippen molar-refractivity contribution in [3.63, 3.8) is 0 Å². The second-order valence-corrected chi connectivity index (χ2v) is 6.03. The van der Waals surface area contributed by atoms with Crippen molar-refractivity contribution in [3.8, 4) is 0 Å². The maximum absolute atomic E-state index is 11.6. The van der Waals surface area contributed by atoms with E-state index in [9.17, 15) is 4.79 Å². The van der Waals surface area contributed by atoms with E-state index in [-0.39, 0.29) is 5.97 Å². The van der Waals surface area contributed by atoms with Gasteiger partial charge in [0.1, 0.15) is 0 Å². The van der Waals surface area contributed by atoms with E-state index in [2.05, 4.69) is 29.1 Å². The maximum Gasteiger partial charge on any atom is 0.337 e. The monoisotopic (exact) mass is 312 g/mol. The van der Waals surface area contributed by atoms with E-state index in [0.717, 1.165) is 23.0 Å². The Kier molecular flexibility index (Phi) is 4.06. The van der Waals surface area contributed by atoms with Gasteiger partial charge in [-0.25, -0.2) is 4.79 Å². The summed E-state index contributed by atoms with van der Waals surface area (Å²) < 4.78 is 4.75. The second-order valence-electron chi connectivity index (χ2n) is 5.06. The van der Waals surface area contributed by atoms with Gasteiger partial charge in [-0.15, -0.1) is 11.3 Å². The summed E-state index contributed by atoms with van der Waals surface area (Å²) >= 11 is 1.65. The number of carbonyl (C=O) groups is 1. The van der Waals surface area contributed by atoms with Crippen molar-refractivity contribution < 1.29 is 9.53 Å². The molecule has 5 heteroatoms. The Labute approximate surface area is 133 Å². The molecule has 0 aliphatic rings. The molecule has 3 rings (SSSR count). The number of fused-ring (bicyclic) bond motifs is 1. The molecule has 0 saturated heterocycles. The highest BCUT2D eigenvalue weighted by atomic mass is 32.1. The molecule has 0 saturated carbocycles. The first-order chi connectivity index (χ1) is 10.7.